The number of rotatable bonds is 1. The van der Waals surface area contributed by atoms with Gasteiger partial charge in [-0.3, -0.25) is 0 Å². The zero-order valence-electron chi connectivity index (χ0n) is 9.61. The smallest absolute Gasteiger partial charge is 0.0582 e. The fraction of sp³-hybridized carbons (Fsp3) is 0.538. The molecule has 16 heavy (non-hydrogen) atoms. The molecule has 0 saturated heterocycles. The Kier molecular flexibility index (Phi) is 2.03. The van der Waals surface area contributed by atoms with Crippen molar-refractivity contribution in [3.05, 3.63) is 29.3 Å². The molecule has 1 aromatic rings. The van der Waals surface area contributed by atoms with Gasteiger partial charge in [-0.2, -0.15) is 0 Å². The van der Waals surface area contributed by atoms with Gasteiger partial charge in [0.05, 0.1) is 6.10 Å². The van der Waals surface area contributed by atoms with Crippen LogP contribution in [0.5, 0.6) is 0 Å². The van der Waals surface area contributed by atoms with Crippen molar-refractivity contribution in [2.45, 2.75) is 30.9 Å². The highest BCUT2D eigenvalue weighted by molar-refractivity contribution is 5.59. The first-order chi connectivity index (χ1) is 7.58. The predicted molar refractivity (Wildman–Crippen MR) is 64.5 cm³/mol. The van der Waals surface area contributed by atoms with Gasteiger partial charge < -0.3 is 15.7 Å². The summed E-state index contributed by atoms with van der Waals surface area (Å²) in [7, 11) is 2.12. The molecule has 3 nitrogen and oxygen atoms in total. The maximum Gasteiger partial charge on any atom is 0.0582 e. The average molecular weight is 218 g/mol. The maximum absolute atomic E-state index is 9.39. The van der Waals surface area contributed by atoms with Crippen molar-refractivity contribution in [2.75, 3.05) is 18.5 Å². The first kappa shape index (κ1) is 10.1. The molecule has 3 N–H and O–H groups in total. The van der Waals surface area contributed by atoms with Crippen molar-refractivity contribution >= 4 is 5.69 Å². The molecule has 2 aliphatic rings. The molecule has 0 atom stereocenters. The molecule has 0 bridgehead atoms. The molecule has 0 amide bonds. The Labute approximate surface area is 95.9 Å². The van der Waals surface area contributed by atoms with Crippen LogP contribution >= 0.6 is 0 Å². The summed E-state index contributed by atoms with van der Waals surface area (Å²) >= 11 is 0. The lowest BCUT2D eigenvalue weighted by Crippen LogP contribution is -2.51. The highest BCUT2D eigenvalue weighted by Gasteiger charge is 2.41. The first-order valence-corrected chi connectivity index (χ1v) is 5.90. The van der Waals surface area contributed by atoms with E-state index < -0.39 is 0 Å². The third kappa shape index (κ3) is 1.35. The van der Waals surface area contributed by atoms with Crippen molar-refractivity contribution in [1.29, 1.82) is 0 Å². The molecule has 1 aliphatic carbocycles. The number of aliphatic hydroxyl groups is 1. The molecule has 1 aromatic carbocycles. The number of nitrogens with zero attached hydrogens (tertiary/aromatic N) is 1. The second-order valence-corrected chi connectivity index (χ2v) is 5.23. The third-order valence-corrected chi connectivity index (χ3v) is 3.98. The molecule has 1 heterocycles. The van der Waals surface area contributed by atoms with E-state index in [2.05, 4.69) is 30.1 Å². The van der Waals surface area contributed by atoms with Crippen LogP contribution in [0, 0.1) is 0 Å². The van der Waals surface area contributed by atoms with Gasteiger partial charge in [-0.15, -0.1) is 0 Å². The van der Waals surface area contributed by atoms with E-state index in [1.807, 2.05) is 0 Å². The fourth-order valence-electron chi connectivity index (χ4n) is 2.89. The molecule has 3 rings (SSSR count). The van der Waals surface area contributed by atoms with E-state index in [0.29, 0.717) is 12.8 Å². The molecule has 1 aliphatic heterocycles. The average Bonchev–Trinajstić information content (AvgIpc) is 2.58. The monoisotopic (exact) mass is 218 g/mol. The number of hydrogen-bond acceptors (Lipinski definition) is 3. The van der Waals surface area contributed by atoms with E-state index in [0.717, 1.165) is 13.0 Å². The number of hydrogen-bond donors (Lipinski definition) is 2. The van der Waals surface area contributed by atoms with E-state index in [1.165, 1.54) is 16.8 Å². The Bertz CT molecular complexity index is 424. The van der Waals surface area contributed by atoms with Gasteiger partial charge >= 0.3 is 0 Å². The van der Waals surface area contributed by atoms with Crippen LogP contribution in [0.4, 0.5) is 5.69 Å². The topological polar surface area (TPSA) is 49.5 Å². The Morgan fingerprint density at radius 2 is 2.19 bits per heavy atom. The molecular formula is C13H18N2O. The molecule has 0 spiro atoms. The standard InChI is InChI=1S/C13H18N2O/c1-15-5-4-9-6-10(2-3-12(9)15)13(14)7-11(16)8-13/h2-3,6,11,16H,4-5,7-8,14H2,1H3. The van der Waals surface area contributed by atoms with Crippen molar-refractivity contribution in [3.63, 3.8) is 0 Å². The lowest BCUT2D eigenvalue weighted by molar-refractivity contribution is 0.0209. The number of likely N-dealkylation sites (N-methyl/N-ethyl adjacent to an activating group) is 1. The van der Waals surface area contributed by atoms with Gasteiger partial charge in [-0.25, -0.2) is 0 Å². The second kappa shape index (κ2) is 3.22. The highest BCUT2D eigenvalue weighted by Crippen LogP contribution is 2.41. The van der Waals surface area contributed by atoms with Crippen molar-refractivity contribution < 1.29 is 5.11 Å². The fourth-order valence-corrected chi connectivity index (χ4v) is 2.89. The summed E-state index contributed by atoms with van der Waals surface area (Å²) in [4.78, 5) is 2.28. The molecule has 86 valence electrons. The number of aliphatic hydroxyl groups excluding tert-OH is 1. The predicted octanol–water partition coefficient (Wildman–Crippen LogP) is 0.988. The van der Waals surface area contributed by atoms with Crippen molar-refractivity contribution in [1.82, 2.24) is 0 Å². The van der Waals surface area contributed by atoms with Crippen LogP contribution in [0.1, 0.15) is 24.0 Å². The lowest BCUT2D eigenvalue weighted by Gasteiger charge is -2.42. The Morgan fingerprint density at radius 3 is 2.88 bits per heavy atom. The summed E-state index contributed by atoms with van der Waals surface area (Å²) < 4.78 is 0. The summed E-state index contributed by atoms with van der Waals surface area (Å²) in [5.41, 5.74) is 9.90. The molecule has 1 saturated carbocycles. The Balaban J connectivity index is 1.93. The van der Waals surface area contributed by atoms with Gasteiger partial charge in [0.2, 0.25) is 0 Å². The number of benzene rings is 1. The van der Waals surface area contributed by atoms with Crippen LogP contribution in [0.15, 0.2) is 18.2 Å². The zero-order valence-corrected chi connectivity index (χ0v) is 9.61. The SMILES string of the molecule is CN1CCc2cc(C3(N)CC(O)C3)ccc21. The summed E-state index contributed by atoms with van der Waals surface area (Å²) in [6.45, 7) is 1.10. The summed E-state index contributed by atoms with van der Waals surface area (Å²) in [6.07, 6.45) is 2.29. The van der Waals surface area contributed by atoms with E-state index in [9.17, 15) is 5.11 Å². The van der Waals surface area contributed by atoms with Gasteiger partial charge in [0.1, 0.15) is 0 Å². The van der Waals surface area contributed by atoms with Crippen LogP contribution in [-0.2, 0) is 12.0 Å². The molecule has 1 fully saturated rings. The van der Waals surface area contributed by atoms with Crippen LogP contribution in [0.3, 0.4) is 0 Å². The second-order valence-electron chi connectivity index (χ2n) is 5.23. The maximum atomic E-state index is 9.39. The van der Waals surface area contributed by atoms with Crippen LogP contribution in [-0.4, -0.2) is 24.8 Å². The molecular weight excluding hydrogens is 200 g/mol. The van der Waals surface area contributed by atoms with Gasteiger partial charge in [0.25, 0.3) is 0 Å². The van der Waals surface area contributed by atoms with Gasteiger partial charge in [-0.1, -0.05) is 12.1 Å². The van der Waals surface area contributed by atoms with Gasteiger partial charge in [0.15, 0.2) is 0 Å². The number of anilines is 1. The number of nitrogens with two attached hydrogens (primary N) is 1. The van der Waals surface area contributed by atoms with Crippen LogP contribution in [0.25, 0.3) is 0 Å². The first-order valence-electron chi connectivity index (χ1n) is 5.90. The van der Waals surface area contributed by atoms with Gasteiger partial charge in [-0.05, 0) is 36.5 Å². The Morgan fingerprint density at radius 1 is 1.44 bits per heavy atom. The summed E-state index contributed by atoms with van der Waals surface area (Å²) in [5.74, 6) is 0. The number of fused-ring (bicyclic) bond motifs is 1. The molecule has 0 radical (unpaired) electrons. The minimum atomic E-state index is -0.282. The van der Waals surface area contributed by atoms with Crippen LogP contribution < -0.4 is 10.6 Å². The van der Waals surface area contributed by atoms with Gasteiger partial charge in [0, 0.05) is 24.8 Å². The van der Waals surface area contributed by atoms with Crippen molar-refractivity contribution in [2.24, 2.45) is 5.73 Å². The molecule has 0 unspecified atom stereocenters. The van der Waals surface area contributed by atoms with Crippen LogP contribution in [0.2, 0.25) is 0 Å². The quantitative estimate of drug-likeness (QED) is 0.739. The van der Waals surface area contributed by atoms with Crippen molar-refractivity contribution in [3.8, 4) is 0 Å². The Hall–Kier alpha value is -1.06. The largest absolute Gasteiger partial charge is 0.393 e. The van der Waals surface area contributed by atoms with E-state index in [4.69, 9.17) is 5.73 Å². The normalized spacial score (nSPS) is 32.4. The third-order valence-electron chi connectivity index (χ3n) is 3.98. The highest BCUT2D eigenvalue weighted by atomic mass is 16.3. The zero-order chi connectivity index (χ0) is 11.3. The molecule has 3 heteroatoms. The van der Waals surface area contributed by atoms with E-state index >= 15 is 0 Å². The lowest BCUT2D eigenvalue weighted by atomic mass is 9.70. The molecule has 0 aromatic heterocycles. The van der Waals surface area contributed by atoms with E-state index in [-0.39, 0.29) is 11.6 Å². The summed E-state index contributed by atoms with van der Waals surface area (Å²) in [6, 6.07) is 6.51. The summed E-state index contributed by atoms with van der Waals surface area (Å²) in [5, 5.41) is 9.39. The minimum Gasteiger partial charge on any atom is -0.393 e. The van der Waals surface area contributed by atoms with E-state index in [1.54, 1.807) is 0 Å². The minimum absolute atomic E-state index is 0.207.